The Bertz CT molecular complexity index is 3550. The monoisotopic (exact) mass is 833 g/mol. The van der Waals surface area contributed by atoms with Crippen molar-refractivity contribution >= 4 is 88.5 Å². The highest BCUT2D eigenvalue weighted by molar-refractivity contribution is 7.20. The van der Waals surface area contributed by atoms with Gasteiger partial charge in [-0.15, -0.1) is 11.3 Å². The van der Waals surface area contributed by atoms with Crippen LogP contribution in [0, 0.1) is 6.92 Å². The highest BCUT2D eigenvalue weighted by atomic mass is 32.1. The molecule has 8 heteroatoms. The van der Waals surface area contributed by atoms with Crippen LogP contribution < -0.4 is 11.5 Å². The fourth-order valence-corrected chi connectivity index (χ4v) is 10.2. The number of hydrogen-bond donors (Lipinski definition) is 2. The van der Waals surface area contributed by atoms with E-state index in [1.165, 1.54) is 53.2 Å². The SMILES string of the molecule is Cc1c(/C=C\N)sc2ccc(-n3c4ccccc4c4ccc(C5=NC(c6ccc7c(c6)c6ccccc6n7C/N=C(\N=C(N)c6ccccc6)c6ccccc6)CC=C5)cc43)cc12. The lowest BCUT2D eigenvalue weighted by Crippen LogP contribution is -2.16. The van der Waals surface area contributed by atoms with E-state index < -0.39 is 0 Å². The minimum absolute atomic E-state index is 0.0307. The lowest BCUT2D eigenvalue weighted by Gasteiger charge is -2.18. The number of allylic oxidation sites excluding steroid dienone is 1. The van der Waals surface area contributed by atoms with Crippen molar-refractivity contribution in [1.82, 2.24) is 9.13 Å². The number of nitrogens with two attached hydrogens (primary N) is 2. The Balaban J connectivity index is 0.964. The largest absolute Gasteiger partial charge is 0.405 e. The average molecular weight is 834 g/mol. The smallest absolute Gasteiger partial charge is 0.158 e. The van der Waals surface area contributed by atoms with Crippen molar-refractivity contribution in [3.05, 3.63) is 215 Å². The van der Waals surface area contributed by atoms with Crippen molar-refractivity contribution in [2.24, 2.45) is 26.4 Å². The van der Waals surface area contributed by atoms with Gasteiger partial charge >= 0.3 is 0 Å². The number of fused-ring (bicyclic) bond motifs is 7. The van der Waals surface area contributed by atoms with Crippen LogP contribution in [0.1, 0.15) is 45.2 Å². The number of nitrogens with zero attached hydrogens (tertiary/aromatic N) is 5. The third-order valence-electron chi connectivity index (χ3n) is 12.2. The Kier molecular flexibility index (Phi) is 9.63. The number of dihydropyridines is 1. The van der Waals surface area contributed by atoms with E-state index in [2.05, 4.69) is 131 Å². The fraction of sp³-hybridized carbons (Fsp3) is 0.0727. The van der Waals surface area contributed by atoms with Crippen LogP contribution >= 0.6 is 11.3 Å². The molecule has 0 saturated carbocycles. The summed E-state index contributed by atoms with van der Waals surface area (Å²) in [5.74, 6) is 1.01. The third-order valence-corrected chi connectivity index (χ3v) is 13.5. The Morgan fingerprint density at radius 1 is 0.698 bits per heavy atom. The molecule has 4 heterocycles. The van der Waals surface area contributed by atoms with Crippen LogP contribution in [0.3, 0.4) is 0 Å². The molecule has 0 amide bonds. The number of aliphatic imine (C=N–C) groups is 3. The van der Waals surface area contributed by atoms with E-state index in [9.17, 15) is 0 Å². The third kappa shape index (κ3) is 6.81. The van der Waals surface area contributed by atoms with Gasteiger partial charge in [0.15, 0.2) is 5.84 Å². The Morgan fingerprint density at radius 2 is 1.40 bits per heavy atom. The van der Waals surface area contributed by atoms with E-state index in [0.29, 0.717) is 18.3 Å². The van der Waals surface area contributed by atoms with E-state index in [-0.39, 0.29) is 6.04 Å². The number of thiophene rings is 1. The maximum Gasteiger partial charge on any atom is 0.158 e. The van der Waals surface area contributed by atoms with Crippen molar-refractivity contribution in [3.63, 3.8) is 0 Å². The van der Waals surface area contributed by atoms with E-state index in [1.807, 2.05) is 66.7 Å². The highest BCUT2D eigenvalue weighted by Crippen LogP contribution is 2.38. The molecule has 0 bridgehead atoms. The van der Waals surface area contributed by atoms with E-state index in [4.69, 9.17) is 26.4 Å². The topological polar surface area (TPSA) is 99.0 Å². The molecule has 1 atom stereocenters. The van der Waals surface area contributed by atoms with Crippen molar-refractivity contribution in [2.45, 2.75) is 26.1 Å². The Labute approximate surface area is 369 Å². The van der Waals surface area contributed by atoms with Crippen molar-refractivity contribution < 1.29 is 0 Å². The van der Waals surface area contributed by atoms with Gasteiger partial charge in [0.25, 0.3) is 0 Å². The summed E-state index contributed by atoms with van der Waals surface area (Å²) < 4.78 is 5.92. The second kappa shape index (κ2) is 15.9. The first kappa shape index (κ1) is 38.1. The Morgan fingerprint density at radius 3 is 2.19 bits per heavy atom. The quantitative estimate of drug-likeness (QED) is 0.118. The van der Waals surface area contributed by atoms with Gasteiger partial charge in [0.2, 0.25) is 0 Å². The van der Waals surface area contributed by atoms with Crippen LogP contribution in [-0.4, -0.2) is 26.5 Å². The van der Waals surface area contributed by atoms with Crippen LogP contribution in [0.15, 0.2) is 197 Å². The molecule has 3 aromatic heterocycles. The lowest BCUT2D eigenvalue weighted by atomic mass is 9.97. The average Bonchev–Trinajstić information content (AvgIpc) is 3.96. The molecule has 0 aliphatic carbocycles. The number of aryl methyl sites for hydroxylation is 1. The van der Waals surface area contributed by atoms with Gasteiger partial charge in [-0.05, 0) is 96.7 Å². The van der Waals surface area contributed by atoms with Gasteiger partial charge in [-0.3, -0.25) is 4.99 Å². The second-order valence-corrected chi connectivity index (χ2v) is 17.0. The molecular formula is C55H43N7S. The summed E-state index contributed by atoms with van der Waals surface area (Å²) in [6.07, 6.45) is 8.88. The van der Waals surface area contributed by atoms with Crippen LogP contribution in [0.2, 0.25) is 0 Å². The molecule has 0 spiro atoms. The molecule has 0 saturated heterocycles. The lowest BCUT2D eigenvalue weighted by molar-refractivity contribution is 0.737. The molecule has 7 nitrogen and oxygen atoms in total. The normalized spacial score (nSPS) is 14.9. The maximum atomic E-state index is 6.54. The summed E-state index contributed by atoms with van der Waals surface area (Å²) in [5.41, 5.74) is 24.3. The number of benzene rings is 7. The summed E-state index contributed by atoms with van der Waals surface area (Å²) in [7, 11) is 0. The van der Waals surface area contributed by atoms with Crippen molar-refractivity contribution in [1.29, 1.82) is 0 Å². The summed E-state index contributed by atoms with van der Waals surface area (Å²) in [6.45, 7) is 2.56. The molecule has 0 radical (unpaired) electrons. The number of para-hydroxylation sites is 2. The van der Waals surface area contributed by atoms with Gasteiger partial charge in [0.05, 0.1) is 33.8 Å². The Hall–Kier alpha value is -7.81. The first-order chi connectivity index (χ1) is 31.0. The van der Waals surface area contributed by atoms with E-state index in [0.717, 1.165) is 51.1 Å². The van der Waals surface area contributed by atoms with E-state index in [1.54, 1.807) is 17.5 Å². The predicted octanol–water partition coefficient (Wildman–Crippen LogP) is 12.6. The van der Waals surface area contributed by atoms with Gasteiger partial charge < -0.3 is 20.6 Å². The second-order valence-electron chi connectivity index (χ2n) is 16.0. The van der Waals surface area contributed by atoms with Gasteiger partial charge in [0, 0.05) is 53.5 Å². The molecule has 11 rings (SSSR count). The predicted molar refractivity (Wildman–Crippen MR) is 267 cm³/mol. The van der Waals surface area contributed by atoms with Gasteiger partial charge in [-0.1, -0.05) is 121 Å². The zero-order valence-electron chi connectivity index (χ0n) is 34.7. The molecule has 0 fully saturated rings. The minimum Gasteiger partial charge on any atom is -0.405 e. The van der Waals surface area contributed by atoms with Crippen molar-refractivity contribution in [2.75, 3.05) is 0 Å². The number of aromatic nitrogens is 2. The highest BCUT2D eigenvalue weighted by Gasteiger charge is 2.20. The maximum absolute atomic E-state index is 6.54. The van der Waals surface area contributed by atoms with Gasteiger partial charge in [-0.2, -0.15) is 0 Å². The van der Waals surface area contributed by atoms with Crippen molar-refractivity contribution in [3.8, 4) is 5.69 Å². The molecular weight excluding hydrogens is 791 g/mol. The number of amidine groups is 2. The van der Waals surface area contributed by atoms with Gasteiger partial charge in [-0.25, -0.2) is 9.98 Å². The van der Waals surface area contributed by atoms with Crippen LogP contribution in [0.25, 0.3) is 65.5 Å². The standard InChI is InChI=1S/C55H43N7S/c1-35-44-33-40(25-28-53(44)63-52(35)29-30-56)62-50-22-11-9-17-41(50)43-26-23-39(32-51(43)62)47-20-12-19-46(59-47)38-24-27-49-45(31-38)42-18-8-10-21-48(42)61(49)34-58-55(37-15-6-3-7-16-37)60-54(57)36-13-4-2-5-14-36/h2-18,20-33,46H,19,34,56H2,1H3,(H2,57,58,60)/b30-29-. The van der Waals surface area contributed by atoms with Gasteiger partial charge in [0.1, 0.15) is 12.5 Å². The summed E-state index contributed by atoms with van der Waals surface area (Å²) >= 11 is 1.77. The van der Waals surface area contributed by atoms with E-state index >= 15 is 0 Å². The van der Waals surface area contributed by atoms with Crippen LogP contribution in [0.4, 0.5) is 0 Å². The first-order valence-electron chi connectivity index (χ1n) is 21.2. The molecule has 10 aromatic rings. The molecule has 4 N–H and O–H groups in total. The molecule has 1 unspecified atom stereocenters. The first-order valence-corrected chi connectivity index (χ1v) is 22.0. The zero-order valence-corrected chi connectivity index (χ0v) is 35.5. The summed E-state index contributed by atoms with van der Waals surface area (Å²) in [5, 5.41) is 6.04. The zero-order chi connectivity index (χ0) is 42.4. The molecule has 7 aromatic carbocycles. The minimum atomic E-state index is -0.0307. The molecule has 304 valence electrons. The fourth-order valence-electron chi connectivity index (χ4n) is 9.11. The molecule has 63 heavy (non-hydrogen) atoms. The van der Waals surface area contributed by atoms with Crippen LogP contribution in [-0.2, 0) is 6.67 Å². The van der Waals surface area contributed by atoms with Crippen LogP contribution in [0.5, 0.6) is 0 Å². The summed E-state index contributed by atoms with van der Waals surface area (Å²) in [6, 6.07) is 57.4. The summed E-state index contributed by atoms with van der Waals surface area (Å²) in [4.78, 5) is 16.6. The number of hydrogen-bond acceptors (Lipinski definition) is 4. The molecule has 1 aliphatic rings. The molecule has 1 aliphatic heterocycles. The number of rotatable bonds is 8.